The molecule has 36 heavy (non-hydrogen) atoms. The first-order valence-corrected chi connectivity index (χ1v) is 11.5. The quantitative estimate of drug-likeness (QED) is 0.419. The number of fused-ring (bicyclic) bond motifs is 1. The van der Waals surface area contributed by atoms with Crippen LogP contribution < -0.4 is 29.7 Å². The average molecular weight is 490 g/mol. The third-order valence-electron chi connectivity index (χ3n) is 5.42. The summed E-state index contributed by atoms with van der Waals surface area (Å²) in [6.07, 6.45) is 0.780. The fourth-order valence-electron chi connectivity index (χ4n) is 3.64. The highest BCUT2D eigenvalue weighted by molar-refractivity contribution is 6.05. The number of anilines is 3. The van der Waals surface area contributed by atoms with Gasteiger partial charge in [-0.05, 0) is 61.0 Å². The van der Waals surface area contributed by atoms with E-state index in [2.05, 4.69) is 10.6 Å². The third kappa shape index (κ3) is 6.53. The fourth-order valence-corrected chi connectivity index (χ4v) is 3.64. The number of carbonyl (C=O) groups is 3. The van der Waals surface area contributed by atoms with Crippen molar-refractivity contribution in [1.29, 1.82) is 0 Å². The van der Waals surface area contributed by atoms with E-state index in [4.69, 9.17) is 14.2 Å². The second-order valence-corrected chi connectivity index (χ2v) is 8.04. The van der Waals surface area contributed by atoms with Gasteiger partial charge in [0.15, 0.2) is 6.61 Å². The van der Waals surface area contributed by atoms with E-state index in [1.54, 1.807) is 61.7 Å². The third-order valence-corrected chi connectivity index (χ3v) is 5.42. The zero-order chi connectivity index (χ0) is 25.3. The lowest BCUT2D eigenvalue weighted by Crippen LogP contribution is -2.43. The fraction of sp³-hybridized carbons (Fsp3) is 0.222. The van der Waals surface area contributed by atoms with Crippen LogP contribution in [0.4, 0.5) is 17.1 Å². The van der Waals surface area contributed by atoms with E-state index in [0.717, 1.165) is 5.75 Å². The van der Waals surface area contributed by atoms with Crippen LogP contribution in [0.2, 0.25) is 0 Å². The second kappa shape index (κ2) is 11.7. The summed E-state index contributed by atoms with van der Waals surface area (Å²) in [5, 5.41) is 5.60. The molecule has 186 valence electrons. The van der Waals surface area contributed by atoms with Crippen LogP contribution in [-0.2, 0) is 14.4 Å². The number of carbonyl (C=O) groups excluding carboxylic acids is 3. The molecule has 4 rings (SSSR count). The molecule has 1 aliphatic rings. The van der Waals surface area contributed by atoms with Gasteiger partial charge in [-0.1, -0.05) is 18.2 Å². The summed E-state index contributed by atoms with van der Waals surface area (Å²) in [5.74, 6) is 1.04. The summed E-state index contributed by atoms with van der Waals surface area (Å²) in [5.41, 5.74) is 1.57. The van der Waals surface area contributed by atoms with Gasteiger partial charge in [0.1, 0.15) is 23.8 Å². The minimum Gasteiger partial charge on any atom is -0.497 e. The minimum atomic E-state index is -0.343. The van der Waals surface area contributed by atoms with E-state index in [1.165, 1.54) is 4.90 Å². The van der Waals surface area contributed by atoms with Crippen molar-refractivity contribution in [2.45, 2.75) is 12.8 Å². The molecule has 1 aliphatic heterocycles. The standard InChI is InChI=1S/C27H27N3O6/c1-34-21-10-12-22(13-11-21)35-15-5-8-25(31)29-20-9-14-24-23(16-20)30(27(33)18-36-24)17-26(32)28-19-6-3-2-4-7-19/h2-4,6-7,9-14,16H,5,8,15,17-18H2,1H3,(H,28,32)(H,29,31). The highest BCUT2D eigenvalue weighted by Crippen LogP contribution is 2.34. The molecule has 0 aromatic heterocycles. The van der Waals surface area contributed by atoms with Crippen molar-refractivity contribution in [2.75, 3.05) is 42.4 Å². The Morgan fingerprint density at radius 2 is 1.64 bits per heavy atom. The molecule has 0 saturated heterocycles. The highest BCUT2D eigenvalue weighted by atomic mass is 16.5. The summed E-state index contributed by atoms with van der Waals surface area (Å²) in [6.45, 7) is 0.0479. The molecule has 0 unspecified atom stereocenters. The Bertz CT molecular complexity index is 1210. The Morgan fingerprint density at radius 1 is 0.917 bits per heavy atom. The first-order chi connectivity index (χ1) is 17.5. The van der Waals surface area contributed by atoms with Crippen LogP contribution in [0.25, 0.3) is 0 Å². The average Bonchev–Trinajstić information content (AvgIpc) is 2.89. The van der Waals surface area contributed by atoms with Gasteiger partial charge < -0.3 is 24.8 Å². The first-order valence-electron chi connectivity index (χ1n) is 11.5. The molecule has 3 aromatic carbocycles. The number of rotatable bonds is 10. The molecule has 0 atom stereocenters. The number of hydrogen-bond donors (Lipinski definition) is 2. The smallest absolute Gasteiger partial charge is 0.265 e. The van der Waals surface area contributed by atoms with Crippen LogP contribution in [0.1, 0.15) is 12.8 Å². The maximum Gasteiger partial charge on any atom is 0.265 e. The van der Waals surface area contributed by atoms with Gasteiger partial charge in [0.25, 0.3) is 5.91 Å². The summed E-state index contributed by atoms with van der Waals surface area (Å²) >= 11 is 0. The SMILES string of the molecule is COc1ccc(OCCCC(=O)Nc2ccc3c(c2)N(CC(=O)Nc2ccccc2)C(=O)CO3)cc1. The molecule has 0 bridgehead atoms. The lowest BCUT2D eigenvalue weighted by molar-refractivity contribution is -0.123. The Kier molecular flexibility index (Phi) is 8.02. The molecule has 3 aromatic rings. The zero-order valence-corrected chi connectivity index (χ0v) is 19.9. The van der Waals surface area contributed by atoms with E-state index < -0.39 is 0 Å². The molecule has 0 aliphatic carbocycles. The molecule has 2 N–H and O–H groups in total. The lowest BCUT2D eigenvalue weighted by atomic mass is 10.2. The van der Waals surface area contributed by atoms with Crippen molar-refractivity contribution in [1.82, 2.24) is 0 Å². The van der Waals surface area contributed by atoms with Crippen molar-refractivity contribution >= 4 is 34.8 Å². The Morgan fingerprint density at radius 3 is 2.39 bits per heavy atom. The summed E-state index contributed by atoms with van der Waals surface area (Å²) in [6, 6.07) is 21.2. The molecule has 9 nitrogen and oxygen atoms in total. The Labute approximate surface area is 209 Å². The van der Waals surface area contributed by atoms with Crippen LogP contribution in [0.3, 0.4) is 0 Å². The number of para-hydroxylation sites is 1. The van der Waals surface area contributed by atoms with E-state index >= 15 is 0 Å². The van der Waals surface area contributed by atoms with Gasteiger partial charge in [0.05, 0.1) is 19.4 Å². The number of nitrogens with one attached hydrogen (secondary N) is 2. The second-order valence-electron chi connectivity index (χ2n) is 8.04. The van der Waals surface area contributed by atoms with Crippen LogP contribution in [0.15, 0.2) is 72.8 Å². The molecule has 1 heterocycles. The maximum absolute atomic E-state index is 12.5. The summed E-state index contributed by atoms with van der Waals surface area (Å²) in [4.78, 5) is 38.9. The normalized spacial score (nSPS) is 12.2. The van der Waals surface area contributed by atoms with Gasteiger partial charge in [-0.2, -0.15) is 0 Å². The predicted molar refractivity (Wildman–Crippen MR) is 136 cm³/mol. The van der Waals surface area contributed by atoms with Gasteiger partial charge in [0, 0.05) is 17.8 Å². The predicted octanol–water partition coefficient (Wildman–Crippen LogP) is 3.86. The van der Waals surface area contributed by atoms with Crippen LogP contribution in [0.5, 0.6) is 17.2 Å². The molecule has 9 heteroatoms. The summed E-state index contributed by atoms with van der Waals surface area (Å²) < 4.78 is 16.3. The van der Waals surface area contributed by atoms with E-state index in [0.29, 0.717) is 41.6 Å². The van der Waals surface area contributed by atoms with Gasteiger partial charge in [-0.25, -0.2) is 0 Å². The minimum absolute atomic E-state index is 0.161. The van der Waals surface area contributed by atoms with E-state index in [9.17, 15) is 14.4 Å². The van der Waals surface area contributed by atoms with Gasteiger partial charge in [0.2, 0.25) is 11.8 Å². The van der Waals surface area contributed by atoms with Crippen molar-refractivity contribution in [2.24, 2.45) is 0 Å². The molecule has 0 spiro atoms. The zero-order valence-electron chi connectivity index (χ0n) is 19.9. The number of nitrogens with zero attached hydrogens (tertiary/aromatic N) is 1. The Hall–Kier alpha value is -4.53. The van der Waals surface area contributed by atoms with Crippen molar-refractivity contribution in [3.63, 3.8) is 0 Å². The molecule has 0 radical (unpaired) electrons. The maximum atomic E-state index is 12.5. The highest BCUT2D eigenvalue weighted by Gasteiger charge is 2.28. The largest absolute Gasteiger partial charge is 0.497 e. The molecule has 0 fully saturated rings. The molecular formula is C27H27N3O6. The van der Waals surface area contributed by atoms with Gasteiger partial charge in [-0.3, -0.25) is 19.3 Å². The van der Waals surface area contributed by atoms with Crippen LogP contribution in [0, 0.1) is 0 Å². The topological polar surface area (TPSA) is 106 Å². The van der Waals surface area contributed by atoms with E-state index in [1.807, 2.05) is 18.2 Å². The van der Waals surface area contributed by atoms with Crippen LogP contribution >= 0.6 is 0 Å². The number of ether oxygens (including phenoxy) is 3. The molecule has 3 amide bonds. The number of amides is 3. The lowest BCUT2D eigenvalue weighted by Gasteiger charge is -2.29. The summed E-state index contributed by atoms with van der Waals surface area (Å²) in [7, 11) is 1.60. The monoisotopic (exact) mass is 489 g/mol. The van der Waals surface area contributed by atoms with Crippen molar-refractivity contribution in [3.05, 3.63) is 72.8 Å². The van der Waals surface area contributed by atoms with E-state index in [-0.39, 0.29) is 37.3 Å². The number of hydrogen-bond acceptors (Lipinski definition) is 6. The van der Waals surface area contributed by atoms with Crippen LogP contribution in [-0.4, -0.2) is 44.6 Å². The van der Waals surface area contributed by atoms with Crippen molar-refractivity contribution in [3.8, 4) is 17.2 Å². The van der Waals surface area contributed by atoms with Crippen molar-refractivity contribution < 1.29 is 28.6 Å². The first kappa shape index (κ1) is 24.6. The number of benzene rings is 3. The molecule has 0 saturated carbocycles. The van der Waals surface area contributed by atoms with Gasteiger partial charge >= 0.3 is 0 Å². The number of methoxy groups -OCH3 is 1. The van der Waals surface area contributed by atoms with Gasteiger partial charge in [-0.15, -0.1) is 0 Å². The molecular weight excluding hydrogens is 462 g/mol. The Balaban J connectivity index is 1.31.